The number of methoxy groups -OCH3 is 1. The number of carbonyl (C=O) groups excluding carboxylic acids is 1. The van der Waals surface area contributed by atoms with E-state index < -0.39 is 0 Å². The van der Waals surface area contributed by atoms with E-state index in [-0.39, 0.29) is 18.6 Å². The molecule has 5 nitrogen and oxygen atoms in total. The second-order valence-electron chi connectivity index (χ2n) is 5.29. The molecule has 1 saturated heterocycles. The van der Waals surface area contributed by atoms with Gasteiger partial charge in [-0.05, 0) is 37.1 Å². The van der Waals surface area contributed by atoms with Crippen LogP contribution in [0.4, 0.5) is 0 Å². The molecule has 0 atom stereocenters. The number of amides is 1. The van der Waals surface area contributed by atoms with Crippen LogP contribution in [0.1, 0.15) is 24.0 Å². The highest BCUT2D eigenvalue weighted by molar-refractivity contribution is 5.77. The summed E-state index contributed by atoms with van der Waals surface area (Å²) in [6.07, 6.45) is 2.17. The van der Waals surface area contributed by atoms with Gasteiger partial charge < -0.3 is 20.1 Å². The van der Waals surface area contributed by atoms with Gasteiger partial charge in [0.1, 0.15) is 6.61 Å². The minimum absolute atomic E-state index is 0.0606. The van der Waals surface area contributed by atoms with Gasteiger partial charge in [-0.25, -0.2) is 0 Å². The van der Waals surface area contributed by atoms with Crippen LogP contribution in [0.3, 0.4) is 0 Å². The zero-order valence-corrected chi connectivity index (χ0v) is 12.6. The summed E-state index contributed by atoms with van der Waals surface area (Å²) in [5.74, 6) is -0.0606. The van der Waals surface area contributed by atoms with E-state index in [0.29, 0.717) is 13.2 Å². The first-order valence-corrected chi connectivity index (χ1v) is 7.43. The zero-order valence-electron chi connectivity index (χ0n) is 12.6. The molecule has 1 heterocycles. The van der Waals surface area contributed by atoms with E-state index in [4.69, 9.17) is 9.47 Å². The highest BCUT2D eigenvalue weighted by Gasteiger charge is 2.14. The maximum absolute atomic E-state index is 11.8. The standard InChI is InChI=1S/C16H24N2O3/c1-20-11-14-4-2-13(3-5-14)10-18-16(19)12-21-15-6-8-17-9-7-15/h2-5,15,17H,6-12H2,1H3,(H,18,19). The predicted octanol–water partition coefficient (Wildman–Crippen LogP) is 1.22. The number of hydrogen-bond acceptors (Lipinski definition) is 4. The third kappa shape index (κ3) is 5.83. The van der Waals surface area contributed by atoms with Crippen molar-refractivity contribution in [2.75, 3.05) is 26.8 Å². The number of carbonyl (C=O) groups is 1. The molecule has 0 saturated carbocycles. The molecule has 0 aliphatic carbocycles. The number of rotatable bonds is 7. The van der Waals surface area contributed by atoms with Crippen molar-refractivity contribution in [3.8, 4) is 0 Å². The molecule has 1 fully saturated rings. The van der Waals surface area contributed by atoms with Gasteiger partial charge in [-0.3, -0.25) is 4.79 Å². The minimum Gasteiger partial charge on any atom is -0.380 e. The Bertz CT molecular complexity index is 428. The van der Waals surface area contributed by atoms with Crippen LogP contribution in [0, 0.1) is 0 Å². The van der Waals surface area contributed by atoms with E-state index >= 15 is 0 Å². The molecule has 21 heavy (non-hydrogen) atoms. The molecule has 1 aromatic rings. The van der Waals surface area contributed by atoms with Crippen molar-refractivity contribution < 1.29 is 14.3 Å². The molecule has 5 heteroatoms. The van der Waals surface area contributed by atoms with Gasteiger partial charge in [0.05, 0.1) is 12.7 Å². The first-order valence-electron chi connectivity index (χ1n) is 7.43. The average Bonchev–Trinajstić information content (AvgIpc) is 2.53. The van der Waals surface area contributed by atoms with Crippen LogP contribution < -0.4 is 10.6 Å². The average molecular weight is 292 g/mol. The van der Waals surface area contributed by atoms with Gasteiger partial charge in [0.25, 0.3) is 0 Å². The minimum atomic E-state index is -0.0606. The van der Waals surface area contributed by atoms with Crippen molar-refractivity contribution in [2.45, 2.75) is 32.1 Å². The lowest BCUT2D eigenvalue weighted by molar-refractivity contribution is -0.128. The lowest BCUT2D eigenvalue weighted by atomic mass is 10.1. The number of hydrogen-bond donors (Lipinski definition) is 2. The van der Waals surface area contributed by atoms with E-state index in [2.05, 4.69) is 10.6 Å². The molecule has 2 N–H and O–H groups in total. The van der Waals surface area contributed by atoms with Crippen LogP contribution in [-0.2, 0) is 27.4 Å². The molecule has 1 aromatic carbocycles. The van der Waals surface area contributed by atoms with Gasteiger partial charge in [0.15, 0.2) is 0 Å². The summed E-state index contributed by atoms with van der Waals surface area (Å²) >= 11 is 0. The third-order valence-electron chi connectivity index (χ3n) is 3.56. The fourth-order valence-electron chi connectivity index (χ4n) is 2.33. The number of benzene rings is 1. The van der Waals surface area contributed by atoms with Gasteiger partial charge in [0.2, 0.25) is 5.91 Å². The first kappa shape index (κ1) is 15.9. The third-order valence-corrected chi connectivity index (χ3v) is 3.56. The maximum Gasteiger partial charge on any atom is 0.246 e. The van der Waals surface area contributed by atoms with Crippen LogP contribution in [0.15, 0.2) is 24.3 Å². The fraction of sp³-hybridized carbons (Fsp3) is 0.562. The number of ether oxygens (including phenoxy) is 2. The Balaban J connectivity index is 1.65. The Morgan fingerprint density at radius 2 is 1.90 bits per heavy atom. The highest BCUT2D eigenvalue weighted by Crippen LogP contribution is 2.07. The zero-order chi connectivity index (χ0) is 14.9. The van der Waals surface area contributed by atoms with E-state index in [1.54, 1.807) is 7.11 Å². The van der Waals surface area contributed by atoms with Crippen molar-refractivity contribution in [2.24, 2.45) is 0 Å². The quantitative estimate of drug-likeness (QED) is 0.793. The van der Waals surface area contributed by atoms with Crippen LogP contribution >= 0.6 is 0 Å². The molecule has 0 spiro atoms. The molecular weight excluding hydrogens is 268 g/mol. The van der Waals surface area contributed by atoms with Crippen molar-refractivity contribution in [1.29, 1.82) is 0 Å². The fourth-order valence-corrected chi connectivity index (χ4v) is 2.33. The predicted molar refractivity (Wildman–Crippen MR) is 80.8 cm³/mol. The lowest BCUT2D eigenvalue weighted by Crippen LogP contribution is -2.35. The van der Waals surface area contributed by atoms with E-state index in [0.717, 1.165) is 37.1 Å². The molecule has 0 aromatic heterocycles. The molecule has 0 radical (unpaired) electrons. The molecule has 116 valence electrons. The Labute approximate surface area is 126 Å². The normalized spacial score (nSPS) is 15.9. The topological polar surface area (TPSA) is 59.6 Å². The van der Waals surface area contributed by atoms with E-state index in [1.807, 2.05) is 24.3 Å². The lowest BCUT2D eigenvalue weighted by Gasteiger charge is -2.22. The van der Waals surface area contributed by atoms with Crippen molar-refractivity contribution in [3.05, 3.63) is 35.4 Å². The Hall–Kier alpha value is -1.43. The second-order valence-corrected chi connectivity index (χ2v) is 5.29. The van der Waals surface area contributed by atoms with Crippen LogP contribution in [0.25, 0.3) is 0 Å². The summed E-state index contributed by atoms with van der Waals surface area (Å²) in [5, 5.41) is 6.15. The van der Waals surface area contributed by atoms with Crippen molar-refractivity contribution >= 4 is 5.91 Å². The number of nitrogens with one attached hydrogen (secondary N) is 2. The summed E-state index contributed by atoms with van der Waals surface area (Å²) in [5.41, 5.74) is 2.20. The summed E-state index contributed by atoms with van der Waals surface area (Å²) in [7, 11) is 1.68. The molecule has 1 amide bonds. The molecule has 0 bridgehead atoms. The van der Waals surface area contributed by atoms with Crippen molar-refractivity contribution in [3.63, 3.8) is 0 Å². The van der Waals surface area contributed by atoms with Gasteiger partial charge in [-0.15, -0.1) is 0 Å². The van der Waals surface area contributed by atoms with Crippen molar-refractivity contribution in [1.82, 2.24) is 10.6 Å². The monoisotopic (exact) mass is 292 g/mol. The summed E-state index contributed by atoms with van der Waals surface area (Å²) in [4.78, 5) is 11.8. The molecule has 2 rings (SSSR count). The maximum atomic E-state index is 11.8. The summed E-state index contributed by atoms with van der Waals surface area (Å²) in [6.45, 7) is 3.23. The highest BCUT2D eigenvalue weighted by atomic mass is 16.5. The first-order chi connectivity index (χ1) is 10.3. The number of piperidine rings is 1. The summed E-state index contributed by atoms with van der Waals surface area (Å²) < 4.78 is 10.7. The largest absolute Gasteiger partial charge is 0.380 e. The Morgan fingerprint density at radius 3 is 2.57 bits per heavy atom. The molecule has 0 unspecified atom stereocenters. The SMILES string of the molecule is COCc1ccc(CNC(=O)COC2CCNCC2)cc1. The van der Waals surface area contributed by atoms with Crippen LogP contribution in [0.2, 0.25) is 0 Å². The second kappa shape index (κ2) is 8.77. The Morgan fingerprint density at radius 1 is 1.24 bits per heavy atom. The van der Waals surface area contributed by atoms with Gasteiger partial charge in [-0.1, -0.05) is 24.3 Å². The van der Waals surface area contributed by atoms with Crippen LogP contribution in [-0.4, -0.2) is 38.8 Å². The van der Waals surface area contributed by atoms with Crippen LogP contribution in [0.5, 0.6) is 0 Å². The smallest absolute Gasteiger partial charge is 0.246 e. The van der Waals surface area contributed by atoms with Gasteiger partial charge in [0, 0.05) is 13.7 Å². The Kier molecular flexibility index (Phi) is 6.66. The summed E-state index contributed by atoms with van der Waals surface area (Å²) in [6, 6.07) is 8.03. The van der Waals surface area contributed by atoms with Gasteiger partial charge in [-0.2, -0.15) is 0 Å². The van der Waals surface area contributed by atoms with E-state index in [9.17, 15) is 4.79 Å². The molecule has 1 aliphatic heterocycles. The van der Waals surface area contributed by atoms with Gasteiger partial charge >= 0.3 is 0 Å². The van der Waals surface area contributed by atoms with E-state index in [1.165, 1.54) is 0 Å². The molecule has 1 aliphatic rings. The molecular formula is C16H24N2O3.